The van der Waals surface area contributed by atoms with E-state index in [0.717, 1.165) is 54.9 Å². The number of carbonyl (C=O) groups is 2. The van der Waals surface area contributed by atoms with Gasteiger partial charge in [0.2, 0.25) is 5.91 Å². The van der Waals surface area contributed by atoms with Gasteiger partial charge in [-0.05, 0) is 67.6 Å². The molecule has 2 saturated heterocycles. The Morgan fingerprint density at radius 3 is 1.97 bits per heavy atom. The topological polar surface area (TPSA) is 60.9 Å². The van der Waals surface area contributed by atoms with Gasteiger partial charge >= 0.3 is 0 Å². The normalized spacial score (nSPS) is 17.0. The predicted octanol–water partition coefficient (Wildman–Crippen LogP) is 4.89. The molecular formula is C30H33N3O3S. The Balaban J connectivity index is 1.27. The van der Waals surface area contributed by atoms with Gasteiger partial charge in [-0.15, -0.1) is 0 Å². The average Bonchev–Trinajstić information content (AvgIpc) is 3.51. The van der Waals surface area contributed by atoms with E-state index in [1.165, 1.54) is 0 Å². The highest BCUT2D eigenvalue weighted by Gasteiger charge is 2.31. The van der Waals surface area contributed by atoms with Crippen LogP contribution in [0, 0.1) is 5.92 Å². The van der Waals surface area contributed by atoms with Crippen molar-refractivity contribution in [1.82, 2.24) is 9.80 Å². The Hall–Kier alpha value is -3.45. The Labute approximate surface area is 221 Å². The molecule has 2 aliphatic rings. The van der Waals surface area contributed by atoms with Crippen LogP contribution >= 0.6 is 0 Å². The number of likely N-dealkylation sites (tertiary alicyclic amines) is 2. The van der Waals surface area contributed by atoms with E-state index in [1.54, 1.807) is 0 Å². The summed E-state index contributed by atoms with van der Waals surface area (Å²) in [6, 6.07) is 26.8. The summed E-state index contributed by atoms with van der Waals surface area (Å²) in [6.45, 7) is 3.43. The fourth-order valence-corrected chi connectivity index (χ4v) is 6.36. The van der Waals surface area contributed by atoms with Crippen LogP contribution in [-0.2, 0) is 22.3 Å². The lowest BCUT2D eigenvalue weighted by Gasteiger charge is -2.33. The summed E-state index contributed by atoms with van der Waals surface area (Å²) in [7, 11) is -1.40. The van der Waals surface area contributed by atoms with Crippen molar-refractivity contribution in [2.24, 2.45) is 5.92 Å². The van der Waals surface area contributed by atoms with E-state index in [0.29, 0.717) is 25.2 Å². The van der Waals surface area contributed by atoms with Gasteiger partial charge in [0.1, 0.15) is 0 Å². The second-order valence-electron chi connectivity index (χ2n) is 9.73. The van der Waals surface area contributed by atoms with Crippen LogP contribution in [0.2, 0.25) is 0 Å². The largest absolute Gasteiger partial charge is 0.342 e. The van der Waals surface area contributed by atoms with Crippen LogP contribution in [0.3, 0.4) is 0 Å². The zero-order chi connectivity index (χ0) is 25.6. The molecule has 2 aliphatic heterocycles. The maximum Gasteiger partial charge on any atom is 0.253 e. The molecule has 2 amide bonds. The van der Waals surface area contributed by atoms with Crippen molar-refractivity contribution < 1.29 is 13.8 Å². The lowest BCUT2D eigenvalue weighted by molar-refractivity contribution is -0.135. The van der Waals surface area contributed by atoms with Crippen LogP contribution in [0.25, 0.3) is 0 Å². The van der Waals surface area contributed by atoms with Crippen molar-refractivity contribution in [1.29, 1.82) is 0 Å². The van der Waals surface area contributed by atoms with Crippen molar-refractivity contribution in [3.63, 3.8) is 0 Å². The number of carbonyl (C=O) groups excluding carboxylic acids is 2. The molecule has 5 rings (SSSR count). The SMILES string of the molecule is O=C(c1ccc(N(Cc2ccccc2)S(=O)c2ccccc2)cc1)N1CCC(C(=O)N2CCCC2)CC1. The highest BCUT2D eigenvalue weighted by molar-refractivity contribution is 7.86. The van der Waals surface area contributed by atoms with Crippen molar-refractivity contribution >= 4 is 28.5 Å². The third-order valence-corrected chi connectivity index (χ3v) is 8.68. The molecule has 0 spiro atoms. The van der Waals surface area contributed by atoms with Crippen molar-refractivity contribution in [2.45, 2.75) is 37.1 Å². The molecule has 0 aromatic heterocycles. The van der Waals surface area contributed by atoms with Crippen LogP contribution < -0.4 is 4.31 Å². The van der Waals surface area contributed by atoms with E-state index in [1.807, 2.05) is 99.0 Å². The van der Waals surface area contributed by atoms with E-state index >= 15 is 0 Å². The first kappa shape index (κ1) is 25.2. The third-order valence-electron chi connectivity index (χ3n) is 7.27. The van der Waals surface area contributed by atoms with Crippen LogP contribution in [-0.4, -0.2) is 52.0 Å². The van der Waals surface area contributed by atoms with Crippen molar-refractivity contribution in [3.8, 4) is 0 Å². The monoisotopic (exact) mass is 515 g/mol. The van der Waals surface area contributed by atoms with Crippen LogP contribution in [0.1, 0.15) is 41.6 Å². The molecule has 1 atom stereocenters. The minimum absolute atomic E-state index is 0.0163. The smallest absolute Gasteiger partial charge is 0.253 e. The molecule has 2 fully saturated rings. The highest BCUT2D eigenvalue weighted by Crippen LogP contribution is 2.26. The zero-order valence-corrected chi connectivity index (χ0v) is 21.8. The van der Waals surface area contributed by atoms with Crippen LogP contribution in [0.4, 0.5) is 5.69 Å². The fourth-order valence-electron chi connectivity index (χ4n) is 5.14. The zero-order valence-electron chi connectivity index (χ0n) is 21.0. The average molecular weight is 516 g/mol. The highest BCUT2D eigenvalue weighted by atomic mass is 32.2. The Morgan fingerprint density at radius 2 is 1.35 bits per heavy atom. The van der Waals surface area contributed by atoms with Gasteiger partial charge in [0.25, 0.3) is 5.91 Å². The minimum Gasteiger partial charge on any atom is -0.342 e. The number of piperidine rings is 1. The van der Waals surface area contributed by atoms with E-state index in [9.17, 15) is 13.8 Å². The van der Waals surface area contributed by atoms with Gasteiger partial charge in [-0.1, -0.05) is 48.5 Å². The van der Waals surface area contributed by atoms with Crippen LogP contribution in [0.5, 0.6) is 0 Å². The molecule has 0 saturated carbocycles. The molecule has 2 heterocycles. The molecule has 0 bridgehead atoms. The van der Waals surface area contributed by atoms with Gasteiger partial charge in [0.15, 0.2) is 11.0 Å². The number of hydrogen-bond donors (Lipinski definition) is 0. The van der Waals surface area contributed by atoms with Crippen molar-refractivity contribution in [3.05, 3.63) is 96.1 Å². The molecule has 0 aliphatic carbocycles. The van der Waals surface area contributed by atoms with Gasteiger partial charge < -0.3 is 9.80 Å². The lowest BCUT2D eigenvalue weighted by Crippen LogP contribution is -2.43. The van der Waals surface area contributed by atoms with Crippen molar-refractivity contribution in [2.75, 3.05) is 30.5 Å². The first-order valence-electron chi connectivity index (χ1n) is 13.1. The van der Waals surface area contributed by atoms with Gasteiger partial charge in [-0.25, -0.2) is 4.21 Å². The van der Waals surface area contributed by atoms with E-state index in [4.69, 9.17) is 0 Å². The summed E-state index contributed by atoms with van der Waals surface area (Å²) in [5.74, 6) is 0.278. The quantitative estimate of drug-likeness (QED) is 0.450. The number of hydrogen-bond acceptors (Lipinski definition) is 3. The van der Waals surface area contributed by atoms with E-state index < -0.39 is 11.0 Å². The van der Waals surface area contributed by atoms with Crippen LogP contribution in [0.15, 0.2) is 89.8 Å². The number of anilines is 1. The van der Waals surface area contributed by atoms with Gasteiger partial charge in [-0.2, -0.15) is 0 Å². The van der Waals surface area contributed by atoms with E-state index in [2.05, 4.69) is 0 Å². The maximum atomic E-state index is 13.5. The summed E-state index contributed by atoms with van der Waals surface area (Å²) in [4.78, 5) is 30.5. The molecule has 0 radical (unpaired) electrons. The Morgan fingerprint density at radius 1 is 0.757 bits per heavy atom. The Kier molecular flexibility index (Phi) is 7.99. The summed E-state index contributed by atoms with van der Waals surface area (Å²) in [5, 5.41) is 0. The predicted molar refractivity (Wildman–Crippen MR) is 146 cm³/mol. The Bertz CT molecular complexity index is 1220. The lowest BCUT2D eigenvalue weighted by atomic mass is 9.95. The van der Waals surface area contributed by atoms with E-state index in [-0.39, 0.29) is 17.7 Å². The molecule has 6 nitrogen and oxygen atoms in total. The number of benzene rings is 3. The molecule has 3 aromatic rings. The molecular weight excluding hydrogens is 482 g/mol. The summed E-state index contributed by atoms with van der Waals surface area (Å²) >= 11 is 0. The first-order chi connectivity index (χ1) is 18.1. The van der Waals surface area contributed by atoms with Gasteiger partial charge in [0.05, 0.1) is 17.1 Å². The minimum atomic E-state index is -1.40. The summed E-state index contributed by atoms with van der Waals surface area (Å²) < 4.78 is 15.4. The summed E-state index contributed by atoms with van der Waals surface area (Å²) in [6.07, 6.45) is 3.64. The molecule has 37 heavy (non-hydrogen) atoms. The fraction of sp³-hybridized carbons (Fsp3) is 0.333. The maximum absolute atomic E-state index is 13.5. The summed E-state index contributed by atoms with van der Waals surface area (Å²) in [5.41, 5.74) is 2.45. The number of amides is 2. The third kappa shape index (κ3) is 5.93. The standard InChI is InChI=1S/C30H33N3O3S/c34-29(32-21-17-26(18-22-32)30(35)31-19-7-8-20-31)25-13-15-27(16-14-25)33(23-24-9-3-1-4-10-24)37(36)28-11-5-2-6-12-28/h1-6,9-16,26H,7-8,17-23H2. The number of nitrogens with zero attached hydrogens (tertiary/aromatic N) is 3. The molecule has 192 valence electrons. The second-order valence-corrected chi connectivity index (χ2v) is 11.1. The second kappa shape index (κ2) is 11.7. The molecule has 7 heteroatoms. The molecule has 1 unspecified atom stereocenters. The number of rotatable bonds is 7. The molecule has 3 aromatic carbocycles. The first-order valence-corrected chi connectivity index (χ1v) is 14.2. The van der Waals surface area contributed by atoms with Gasteiger partial charge in [0, 0.05) is 37.7 Å². The molecule has 0 N–H and O–H groups in total. The van der Waals surface area contributed by atoms with Gasteiger partial charge in [-0.3, -0.25) is 13.9 Å².